The van der Waals surface area contributed by atoms with Crippen LogP contribution in [-0.2, 0) is 12.6 Å². The molecule has 0 radical (unpaired) electrons. The Bertz CT molecular complexity index is 957. The van der Waals surface area contributed by atoms with Crippen LogP contribution in [0.15, 0.2) is 58.8 Å². The van der Waals surface area contributed by atoms with Gasteiger partial charge in [0.25, 0.3) is 5.91 Å². The second-order valence-corrected chi connectivity index (χ2v) is 7.07. The van der Waals surface area contributed by atoms with E-state index in [0.717, 1.165) is 11.3 Å². The molecule has 0 saturated heterocycles. The standard InChI is InChI=1S/C19H16N2O3S2.Na/c1-24-13-9-7-12(8-10-13)21-18(23)14-15(20)17(26-19(14)25)16(22)11-5-3-2-4-6-11;/h2-10,25H,20H2,1H3,(H,21,23);/q;+1/p-1. The topological polar surface area (TPSA) is 81.4 Å². The van der Waals surface area contributed by atoms with Crippen LogP contribution >= 0.6 is 11.3 Å². The Morgan fingerprint density at radius 3 is 2.30 bits per heavy atom. The molecular formula is C19H15N2NaO3S2. The summed E-state index contributed by atoms with van der Waals surface area (Å²) >= 11 is 6.32. The molecule has 0 aliphatic heterocycles. The van der Waals surface area contributed by atoms with E-state index < -0.39 is 5.91 Å². The summed E-state index contributed by atoms with van der Waals surface area (Å²) in [5.74, 6) is -0.0125. The quantitative estimate of drug-likeness (QED) is 0.371. The van der Waals surface area contributed by atoms with Crippen LogP contribution in [0.25, 0.3) is 0 Å². The third-order valence-corrected chi connectivity index (χ3v) is 5.18. The fourth-order valence-corrected chi connectivity index (χ4v) is 3.76. The molecular weight excluding hydrogens is 391 g/mol. The van der Waals surface area contributed by atoms with Gasteiger partial charge >= 0.3 is 29.6 Å². The van der Waals surface area contributed by atoms with E-state index in [1.807, 2.05) is 6.07 Å². The van der Waals surface area contributed by atoms with Crippen molar-refractivity contribution >= 4 is 47.0 Å². The molecule has 0 atom stereocenters. The number of rotatable bonds is 5. The maximum absolute atomic E-state index is 12.6. The summed E-state index contributed by atoms with van der Waals surface area (Å²) in [6, 6.07) is 15.6. The van der Waals surface area contributed by atoms with Crippen LogP contribution in [0.5, 0.6) is 5.75 Å². The number of benzene rings is 2. The van der Waals surface area contributed by atoms with Crippen LogP contribution < -0.4 is 45.3 Å². The van der Waals surface area contributed by atoms with Crippen molar-refractivity contribution in [2.75, 3.05) is 18.2 Å². The van der Waals surface area contributed by atoms with E-state index >= 15 is 0 Å². The molecule has 3 aromatic rings. The van der Waals surface area contributed by atoms with Crippen molar-refractivity contribution in [2.24, 2.45) is 0 Å². The largest absolute Gasteiger partial charge is 1.00 e. The molecule has 27 heavy (non-hydrogen) atoms. The van der Waals surface area contributed by atoms with Gasteiger partial charge in [0.05, 0.1) is 12.7 Å². The molecule has 0 aliphatic carbocycles. The summed E-state index contributed by atoms with van der Waals surface area (Å²) < 4.78 is 5.37. The Morgan fingerprint density at radius 2 is 1.70 bits per heavy atom. The summed E-state index contributed by atoms with van der Waals surface area (Å²) in [7, 11) is 1.56. The summed E-state index contributed by atoms with van der Waals surface area (Å²) in [6.07, 6.45) is 0. The fraction of sp³-hybridized carbons (Fsp3) is 0.0526. The second kappa shape index (κ2) is 9.34. The molecule has 0 fully saturated rings. The second-order valence-electron chi connectivity index (χ2n) is 5.39. The van der Waals surface area contributed by atoms with E-state index in [2.05, 4.69) is 5.32 Å². The van der Waals surface area contributed by atoms with Crippen molar-refractivity contribution < 1.29 is 43.9 Å². The summed E-state index contributed by atoms with van der Waals surface area (Å²) in [4.78, 5) is 25.5. The van der Waals surface area contributed by atoms with Gasteiger partial charge in [-0.05, 0) is 24.3 Å². The van der Waals surface area contributed by atoms with Crippen molar-refractivity contribution in [3.63, 3.8) is 0 Å². The van der Waals surface area contributed by atoms with Gasteiger partial charge in [0.1, 0.15) is 5.75 Å². The van der Waals surface area contributed by atoms with Crippen molar-refractivity contribution in [1.82, 2.24) is 0 Å². The zero-order valence-corrected chi connectivity index (χ0v) is 18.4. The van der Waals surface area contributed by atoms with Gasteiger partial charge in [0.15, 0.2) is 5.78 Å². The molecule has 5 nitrogen and oxygen atoms in total. The van der Waals surface area contributed by atoms with Gasteiger partial charge in [-0.3, -0.25) is 9.59 Å². The normalized spacial score (nSPS) is 9.96. The van der Waals surface area contributed by atoms with Gasteiger partial charge in [-0.25, -0.2) is 0 Å². The molecule has 0 saturated carbocycles. The first-order valence-corrected chi connectivity index (χ1v) is 8.88. The molecule has 2 aromatic carbocycles. The number of nitrogens with two attached hydrogens (primary N) is 1. The molecule has 1 heterocycles. The maximum atomic E-state index is 12.6. The van der Waals surface area contributed by atoms with Crippen molar-refractivity contribution in [1.29, 1.82) is 0 Å². The number of anilines is 2. The van der Waals surface area contributed by atoms with E-state index in [9.17, 15) is 9.59 Å². The van der Waals surface area contributed by atoms with Gasteiger partial charge < -0.3 is 39.8 Å². The summed E-state index contributed by atoms with van der Waals surface area (Å²) in [5, 5.41) is 2.74. The minimum absolute atomic E-state index is 0. The number of ketones is 1. The third-order valence-electron chi connectivity index (χ3n) is 3.73. The summed E-state index contributed by atoms with van der Waals surface area (Å²) in [5.41, 5.74) is 7.42. The number of carbonyl (C=O) groups excluding carboxylic acids is 2. The first-order valence-electron chi connectivity index (χ1n) is 7.65. The van der Waals surface area contributed by atoms with Crippen LogP contribution in [0.3, 0.4) is 0 Å². The Kier molecular flexibility index (Phi) is 7.41. The van der Waals surface area contributed by atoms with E-state index in [4.69, 9.17) is 23.1 Å². The number of ether oxygens (including phenoxy) is 1. The zero-order valence-electron chi connectivity index (χ0n) is 14.8. The predicted molar refractivity (Wildman–Crippen MR) is 105 cm³/mol. The molecule has 1 aromatic heterocycles. The Labute approximate surface area is 188 Å². The molecule has 0 aliphatic rings. The van der Waals surface area contributed by atoms with Crippen molar-refractivity contribution in [2.45, 2.75) is 4.21 Å². The molecule has 0 spiro atoms. The SMILES string of the molecule is COc1ccc(NC(=O)c2c([S-])sc(C(=O)c3ccccc3)c2N)cc1.[Na+]. The monoisotopic (exact) mass is 406 g/mol. The molecule has 0 unspecified atom stereocenters. The minimum Gasteiger partial charge on any atom is -0.497 e. The number of methoxy groups -OCH3 is 1. The number of thiophene rings is 1. The minimum atomic E-state index is -0.443. The zero-order chi connectivity index (χ0) is 18.7. The van der Waals surface area contributed by atoms with E-state index in [1.165, 1.54) is 0 Å². The molecule has 132 valence electrons. The van der Waals surface area contributed by atoms with Crippen molar-refractivity contribution in [3.05, 3.63) is 70.6 Å². The van der Waals surface area contributed by atoms with E-state index in [0.29, 0.717) is 17.0 Å². The number of nitrogen functional groups attached to an aromatic ring is 1. The number of amides is 1. The van der Waals surface area contributed by atoms with Crippen LogP contribution in [-0.4, -0.2) is 18.8 Å². The average molecular weight is 406 g/mol. The van der Waals surface area contributed by atoms with E-state index in [-0.39, 0.29) is 55.7 Å². The molecule has 0 bridgehead atoms. The van der Waals surface area contributed by atoms with Crippen LogP contribution in [0.2, 0.25) is 0 Å². The van der Waals surface area contributed by atoms with E-state index in [1.54, 1.807) is 55.6 Å². The number of hydrogen-bond donors (Lipinski definition) is 2. The molecule has 3 rings (SSSR count). The average Bonchev–Trinajstić information content (AvgIpc) is 2.96. The van der Waals surface area contributed by atoms with Crippen molar-refractivity contribution in [3.8, 4) is 5.75 Å². The summed E-state index contributed by atoms with van der Waals surface area (Å²) in [6.45, 7) is 0. The maximum Gasteiger partial charge on any atom is 1.00 e. The smallest absolute Gasteiger partial charge is 0.497 e. The molecule has 8 heteroatoms. The van der Waals surface area contributed by atoms with Gasteiger partial charge in [0.2, 0.25) is 0 Å². The Morgan fingerprint density at radius 1 is 1.07 bits per heavy atom. The predicted octanol–water partition coefficient (Wildman–Crippen LogP) is 0.732. The Hall–Kier alpha value is -1.90. The Balaban J connectivity index is 0.00000261. The molecule has 3 N–H and O–H groups in total. The van der Waals surface area contributed by atoms with Crippen LogP contribution in [0.1, 0.15) is 25.6 Å². The van der Waals surface area contributed by atoms with Gasteiger partial charge in [0, 0.05) is 21.8 Å². The first kappa shape index (κ1) is 21.4. The third kappa shape index (κ3) is 4.69. The molecule has 1 amide bonds. The number of carbonyl (C=O) groups is 2. The van der Waals surface area contributed by atoms with Crippen LogP contribution in [0.4, 0.5) is 11.4 Å². The number of nitrogens with one attached hydrogen (secondary N) is 1. The number of hydrogen-bond acceptors (Lipinski definition) is 6. The van der Waals surface area contributed by atoms with Gasteiger partial charge in [-0.1, -0.05) is 30.3 Å². The van der Waals surface area contributed by atoms with Crippen LogP contribution in [0, 0.1) is 0 Å². The fourth-order valence-electron chi connectivity index (χ4n) is 2.39. The van der Waals surface area contributed by atoms with Gasteiger partial charge in [-0.2, -0.15) is 0 Å². The van der Waals surface area contributed by atoms with Gasteiger partial charge in [-0.15, -0.1) is 4.21 Å². The first-order chi connectivity index (χ1) is 12.5.